The quantitative estimate of drug-likeness (QED) is 0.385. The van der Waals surface area contributed by atoms with Crippen LogP contribution >= 0.6 is 0 Å². The molecule has 30 heavy (non-hydrogen) atoms. The third-order valence-corrected chi connectivity index (χ3v) is 4.00. The van der Waals surface area contributed by atoms with Crippen LogP contribution in [0.4, 0.5) is 71.5 Å². The van der Waals surface area contributed by atoms with E-state index in [2.05, 4.69) is 0 Å². The Labute approximate surface area is 156 Å². The minimum atomic E-state index is -8.46. The van der Waals surface area contributed by atoms with Crippen LogP contribution in [0.5, 0.6) is 0 Å². The third-order valence-electron chi connectivity index (χ3n) is 4.00. The first-order valence-corrected chi connectivity index (χ1v) is 7.11. The van der Waals surface area contributed by atoms with Crippen molar-refractivity contribution in [3.63, 3.8) is 0 Å². The fourth-order valence-electron chi connectivity index (χ4n) is 2.69. The highest BCUT2D eigenvalue weighted by Gasteiger charge is 2.99. The number of hydrogen-bond donors (Lipinski definition) is 1. The van der Waals surface area contributed by atoms with Gasteiger partial charge in [-0.3, -0.25) is 0 Å². The van der Waals surface area contributed by atoms with Gasteiger partial charge in [-0.15, -0.1) is 0 Å². The molecule has 0 aromatic heterocycles. The van der Waals surface area contributed by atoms with Gasteiger partial charge in [0.15, 0.2) is 0 Å². The molecule has 2 N–H and O–H groups in total. The van der Waals surface area contributed by atoms with Gasteiger partial charge < -0.3 is 5.73 Å². The average Bonchev–Trinajstić information content (AvgIpc) is 2.40. The minimum absolute atomic E-state index is 0.246. The maximum atomic E-state index is 14.6. The Bertz CT molecular complexity index is 750. The topological polar surface area (TPSA) is 26.0 Å². The zero-order chi connectivity index (χ0) is 24.4. The number of hydrogen-bond acceptors (Lipinski definition) is 1. The fraction of sp³-hybridized carbons (Fsp3) is 0.571. The number of nitrogen functional groups attached to an aromatic ring is 1. The molecule has 0 aliphatic carbocycles. The number of alkyl halides is 15. The van der Waals surface area contributed by atoms with Crippen molar-refractivity contribution in [1.82, 2.24) is 0 Å². The van der Waals surface area contributed by atoms with Crippen molar-refractivity contribution in [2.75, 3.05) is 5.73 Å². The molecule has 1 rings (SSSR count). The Kier molecular flexibility index (Phi) is 5.84. The first-order valence-electron chi connectivity index (χ1n) is 7.11. The Morgan fingerprint density at radius 3 is 1.27 bits per heavy atom. The molecule has 0 aliphatic rings. The summed E-state index contributed by atoms with van der Waals surface area (Å²) in [5, 5.41) is 0. The highest BCUT2D eigenvalue weighted by molar-refractivity contribution is 5.47. The van der Waals surface area contributed by atoms with Crippen molar-refractivity contribution in [2.45, 2.75) is 43.2 Å². The monoisotopic (exact) mass is 475 g/mol. The van der Waals surface area contributed by atoms with Gasteiger partial charge >= 0.3 is 36.3 Å². The van der Waals surface area contributed by atoms with E-state index in [1.165, 1.54) is 0 Å². The summed E-state index contributed by atoms with van der Waals surface area (Å²) < 4.78 is 200. The summed E-state index contributed by atoms with van der Waals surface area (Å²) in [6.45, 7) is 0.751. The highest BCUT2D eigenvalue weighted by Crippen LogP contribution is 2.72. The number of anilines is 1. The summed E-state index contributed by atoms with van der Waals surface area (Å²) in [6, 6.07) is 0.0380. The molecule has 0 spiro atoms. The molecule has 0 atom stereocenters. The summed E-state index contributed by atoms with van der Waals surface area (Å²) in [4.78, 5) is 0. The lowest BCUT2D eigenvalue weighted by Crippen LogP contribution is -2.75. The van der Waals surface area contributed by atoms with Gasteiger partial charge in [-0.1, -0.05) is 0 Å². The molecule has 0 unspecified atom stereocenters. The summed E-state index contributed by atoms with van der Waals surface area (Å²) >= 11 is 0. The molecule has 1 nitrogen and oxygen atoms in total. The van der Waals surface area contributed by atoms with Crippen LogP contribution < -0.4 is 5.73 Å². The van der Waals surface area contributed by atoms with Crippen LogP contribution in [0.3, 0.4) is 0 Å². The molecule has 1 aromatic carbocycles. The SMILES string of the molecule is Cc1cc(N)cc(C(F)(F)C(C(F)(F)F)(C(F)(F)F)C(F)(F)C(F)(F)C(F)(F)F)c1. The molecule has 0 saturated heterocycles. The van der Waals surface area contributed by atoms with Crippen molar-refractivity contribution < 1.29 is 65.9 Å². The maximum absolute atomic E-state index is 14.6. The van der Waals surface area contributed by atoms with E-state index in [4.69, 9.17) is 5.73 Å². The van der Waals surface area contributed by atoms with Crippen LogP contribution in [0.2, 0.25) is 0 Å². The second-order valence-corrected chi connectivity index (χ2v) is 6.10. The fourth-order valence-corrected chi connectivity index (χ4v) is 2.69. The molecular formula is C14H8F15N. The molecule has 0 radical (unpaired) electrons. The molecule has 16 heteroatoms. The molecule has 0 fully saturated rings. The summed E-state index contributed by atoms with van der Waals surface area (Å²) in [5.41, 5.74) is -7.47. The van der Waals surface area contributed by atoms with E-state index in [1.807, 2.05) is 0 Å². The van der Waals surface area contributed by atoms with E-state index in [9.17, 15) is 65.9 Å². The van der Waals surface area contributed by atoms with Gasteiger partial charge in [0, 0.05) is 11.3 Å². The van der Waals surface area contributed by atoms with Gasteiger partial charge in [-0.2, -0.15) is 65.9 Å². The van der Waals surface area contributed by atoms with E-state index in [0.29, 0.717) is 6.07 Å². The van der Waals surface area contributed by atoms with Gasteiger partial charge in [-0.25, -0.2) is 0 Å². The molecule has 0 amide bonds. The smallest absolute Gasteiger partial charge is 0.399 e. The number of benzene rings is 1. The predicted octanol–water partition coefficient (Wildman–Crippen LogP) is 6.61. The Balaban J connectivity index is 4.26. The third kappa shape index (κ3) is 3.31. The van der Waals surface area contributed by atoms with Gasteiger partial charge in [0.2, 0.25) is 0 Å². The van der Waals surface area contributed by atoms with Gasteiger partial charge in [0.25, 0.3) is 5.41 Å². The average molecular weight is 475 g/mol. The molecule has 0 heterocycles. The van der Waals surface area contributed by atoms with Gasteiger partial charge in [0.1, 0.15) is 0 Å². The largest absolute Gasteiger partial charge is 0.459 e. The van der Waals surface area contributed by atoms with Gasteiger partial charge in [-0.05, 0) is 30.7 Å². The van der Waals surface area contributed by atoms with E-state index in [1.54, 1.807) is 0 Å². The second kappa shape index (κ2) is 6.73. The lowest BCUT2D eigenvalue weighted by molar-refractivity contribution is -0.499. The van der Waals surface area contributed by atoms with Crippen molar-refractivity contribution in [1.29, 1.82) is 0 Å². The Morgan fingerprint density at radius 2 is 0.967 bits per heavy atom. The predicted molar refractivity (Wildman–Crippen MR) is 70.0 cm³/mol. The number of halogens is 15. The van der Waals surface area contributed by atoms with Crippen LogP contribution in [0.15, 0.2) is 18.2 Å². The van der Waals surface area contributed by atoms with Crippen molar-refractivity contribution in [2.24, 2.45) is 5.41 Å². The summed E-state index contributed by atoms with van der Waals surface area (Å²) in [7, 11) is 0. The van der Waals surface area contributed by atoms with Crippen LogP contribution in [-0.4, -0.2) is 30.4 Å². The lowest BCUT2D eigenvalue weighted by atomic mass is 9.68. The molecule has 0 aliphatic heterocycles. The molecule has 0 bridgehead atoms. The van der Waals surface area contributed by atoms with E-state index in [-0.39, 0.29) is 12.1 Å². The van der Waals surface area contributed by atoms with E-state index in [0.717, 1.165) is 6.92 Å². The lowest BCUT2D eigenvalue weighted by Gasteiger charge is -2.48. The minimum Gasteiger partial charge on any atom is -0.399 e. The second-order valence-electron chi connectivity index (χ2n) is 6.10. The molecule has 0 saturated carbocycles. The van der Waals surface area contributed by atoms with Crippen molar-refractivity contribution in [3.05, 3.63) is 29.3 Å². The standard InChI is InChI=1S/C14H8F15N/c1-5-2-6(4-7(30)3-5)8(15,16)9(12(21,22)23,13(24,25)26)10(17,18)11(19,20)14(27,28)29/h2-4H,30H2,1H3. The van der Waals surface area contributed by atoms with Gasteiger partial charge in [0.05, 0.1) is 0 Å². The number of rotatable bonds is 4. The van der Waals surface area contributed by atoms with Crippen molar-refractivity contribution in [3.8, 4) is 0 Å². The molecule has 174 valence electrons. The van der Waals surface area contributed by atoms with Crippen LogP contribution in [0, 0.1) is 12.3 Å². The van der Waals surface area contributed by atoms with Crippen LogP contribution in [0.1, 0.15) is 11.1 Å². The summed E-state index contributed by atoms with van der Waals surface area (Å²) in [6.07, 6.45) is -23.9. The number of aryl methyl sites for hydroxylation is 1. The van der Waals surface area contributed by atoms with Crippen LogP contribution in [0.25, 0.3) is 0 Å². The Morgan fingerprint density at radius 1 is 0.567 bits per heavy atom. The first-order chi connectivity index (χ1) is 12.9. The zero-order valence-corrected chi connectivity index (χ0v) is 14.0. The first kappa shape index (κ1) is 26.0. The zero-order valence-electron chi connectivity index (χ0n) is 14.0. The summed E-state index contributed by atoms with van der Waals surface area (Å²) in [5.74, 6) is -23.7. The maximum Gasteiger partial charge on any atom is 0.459 e. The van der Waals surface area contributed by atoms with E-state index >= 15 is 0 Å². The molecule has 1 aromatic rings. The van der Waals surface area contributed by atoms with Crippen molar-refractivity contribution >= 4 is 5.69 Å². The Hall–Kier alpha value is -2.03. The van der Waals surface area contributed by atoms with Crippen LogP contribution in [-0.2, 0) is 5.92 Å². The highest BCUT2D eigenvalue weighted by atomic mass is 19.4. The van der Waals surface area contributed by atoms with E-state index < -0.39 is 58.5 Å². The number of nitrogens with two attached hydrogens (primary N) is 1. The molecular weight excluding hydrogens is 467 g/mol. The normalized spacial score (nSPS) is 15.5.